The summed E-state index contributed by atoms with van der Waals surface area (Å²) in [5.41, 5.74) is 1.83. The molecule has 0 radical (unpaired) electrons. The van der Waals surface area contributed by atoms with Gasteiger partial charge < -0.3 is 14.2 Å². The monoisotopic (exact) mass is 569 g/mol. The molecule has 0 saturated heterocycles. The van der Waals surface area contributed by atoms with Crippen molar-refractivity contribution >= 4 is 29.1 Å². The van der Waals surface area contributed by atoms with Gasteiger partial charge in [0.05, 0.1) is 35.6 Å². The van der Waals surface area contributed by atoms with E-state index in [1.54, 1.807) is 43.3 Å². The van der Waals surface area contributed by atoms with Crippen molar-refractivity contribution < 1.29 is 23.4 Å². The van der Waals surface area contributed by atoms with Gasteiger partial charge in [0.15, 0.2) is 22.9 Å². The van der Waals surface area contributed by atoms with Crippen molar-refractivity contribution in [1.82, 2.24) is 4.57 Å². The average molecular weight is 570 g/mol. The molecule has 0 saturated carbocycles. The summed E-state index contributed by atoms with van der Waals surface area (Å²) in [6, 6.07) is 21.0. The lowest BCUT2D eigenvalue weighted by Crippen LogP contribution is -2.40. The van der Waals surface area contributed by atoms with E-state index in [0.29, 0.717) is 43.2 Å². The maximum atomic E-state index is 14.0. The Bertz CT molecular complexity index is 1850. The predicted molar refractivity (Wildman–Crippen MR) is 152 cm³/mol. The normalized spacial score (nSPS) is 14.6. The highest BCUT2D eigenvalue weighted by Crippen LogP contribution is 2.35. The van der Waals surface area contributed by atoms with Gasteiger partial charge in [-0.3, -0.25) is 9.36 Å². The van der Waals surface area contributed by atoms with Crippen LogP contribution in [0.2, 0.25) is 0 Å². The third-order valence-corrected chi connectivity index (χ3v) is 7.34. The first-order chi connectivity index (χ1) is 20.0. The summed E-state index contributed by atoms with van der Waals surface area (Å²) in [5, 5.41) is 9.05. The fourth-order valence-corrected chi connectivity index (χ4v) is 5.60. The van der Waals surface area contributed by atoms with E-state index in [4.69, 9.17) is 24.5 Å². The number of para-hydroxylation sites is 1. The zero-order chi connectivity index (χ0) is 28.9. The number of methoxy groups -OCH3 is 1. The van der Waals surface area contributed by atoms with Crippen LogP contribution in [0.4, 0.5) is 4.39 Å². The highest BCUT2D eigenvalue weighted by molar-refractivity contribution is 7.07. The lowest BCUT2D eigenvalue weighted by atomic mass is 9.93. The average Bonchev–Trinajstić information content (AvgIpc) is 3.30. The van der Waals surface area contributed by atoms with Gasteiger partial charge in [-0.1, -0.05) is 65.9 Å². The highest BCUT2D eigenvalue weighted by Gasteiger charge is 2.35. The molecule has 3 aromatic carbocycles. The van der Waals surface area contributed by atoms with Gasteiger partial charge in [-0.25, -0.2) is 14.2 Å². The molecule has 0 fully saturated rings. The van der Waals surface area contributed by atoms with E-state index in [9.17, 15) is 14.0 Å². The van der Waals surface area contributed by atoms with Crippen LogP contribution in [-0.2, 0) is 9.53 Å². The van der Waals surface area contributed by atoms with Crippen LogP contribution in [0.3, 0.4) is 0 Å². The largest absolute Gasteiger partial charge is 0.493 e. The molecule has 8 nitrogen and oxygen atoms in total. The zero-order valence-corrected chi connectivity index (χ0v) is 23.0. The zero-order valence-electron chi connectivity index (χ0n) is 22.2. The van der Waals surface area contributed by atoms with Crippen molar-refractivity contribution in [2.75, 3.05) is 20.3 Å². The Morgan fingerprint density at radius 1 is 1.12 bits per heavy atom. The molecule has 1 aliphatic rings. The molecule has 10 heteroatoms. The summed E-state index contributed by atoms with van der Waals surface area (Å²) in [7, 11) is 1.48. The maximum absolute atomic E-state index is 14.0. The first-order valence-corrected chi connectivity index (χ1v) is 13.5. The number of hydrogen-bond acceptors (Lipinski definition) is 8. The molecule has 0 bridgehead atoms. The quantitative estimate of drug-likeness (QED) is 0.298. The minimum atomic E-state index is -0.928. The van der Waals surface area contributed by atoms with Crippen molar-refractivity contribution in [3.05, 3.63) is 121 Å². The fourth-order valence-electron chi connectivity index (χ4n) is 4.61. The first kappa shape index (κ1) is 27.6. The molecule has 206 valence electrons. The van der Waals surface area contributed by atoms with E-state index in [1.807, 2.05) is 36.4 Å². The van der Waals surface area contributed by atoms with Gasteiger partial charge in [-0.15, -0.1) is 0 Å². The van der Waals surface area contributed by atoms with Gasteiger partial charge >= 0.3 is 5.97 Å². The number of nitriles is 1. The van der Waals surface area contributed by atoms with Crippen molar-refractivity contribution in [2.45, 2.75) is 13.0 Å². The molecule has 0 unspecified atom stereocenters. The van der Waals surface area contributed by atoms with Crippen LogP contribution in [0, 0.1) is 17.1 Å². The number of ether oxygens (including phenoxy) is 3. The Balaban J connectivity index is 1.81. The fraction of sp³-hybridized carbons (Fsp3) is 0.161. The van der Waals surface area contributed by atoms with E-state index in [1.165, 1.54) is 23.8 Å². The third-order valence-electron chi connectivity index (χ3n) is 6.36. The molecule has 0 amide bonds. The van der Waals surface area contributed by atoms with Crippen LogP contribution in [-0.4, -0.2) is 30.9 Å². The molecule has 0 N–H and O–H groups in total. The number of carbonyl (C=O) groups excluding carboxylic acids is 1. The number of thiazole rings is 1. The van der Waals surface area contributed by atoms with Crippen LogP contribution >= 0.6 is 11.3 Å². The summed E-state index contributed by atoms with van der Waals surface area (Å²) in [6.07, 6.45) is 1.64. The van der Waals surface area contributed by atoms with Crippen LogP contribution in [0.1, 0.15) is 29.7 Å². The standard InChI is InChI=1S/C31H24FN3O5S/c1-3-39-30(37)25-26(19-8-5-4-6-9-19)34-31-35(27(25)20-12-14-22(32)15-13-20)29(36)24(41-31)18-21-10-7-11-23(38-2)28(21)40-17-16-33/h4-15,18,27H,3,17H2,1-2H3/b24-18-/t27-/m0/s1. The van der Waals surface area contributed by atoms with E-state index in [-0.39, 0.29) is 18.8 Å². The lowest BCUT2D eigenvalue weighted by Gasteiger charge is -2.25. The number of fused-ring (bicyclic) bond motifs is 1. The number of carbonyl (C=O) groups is 1. The molecule has 1 aliphatic heterocycles. The highest BCUT2D eigenvalue weighted by atomic mass is 32.1. The third kappa shape index (κ3) is 5.40. The number of esters is 1. The van der Waals surface area contributed by atoms with Gasteiger partial charge in [0, 0.05) is 11.1 Å². The van der Waals surface area contributed by atoms with Gasteiger partial charge in [0.2, 0.25) is 0 Å². The molecule has 5 rings (SSSR count). The van der Waals surface area contributed by atoms with E-state index in [0.717, 1.165) is 11.3 Å². The van der Waals surface area contributed by atoms with Crippen molar-refractivity contribution in [1.29, 1.82) is 5.26 Å². The minimum Gasteiger partial charge on any atom is -0.493 e. The van der Waals surface area contributed by atoms with Crippen LogP contribution in [0.15, 0.2) is 88.2 Å². The second-order valence-corrected chi connectivity index (χ2v) is 9.82. The van der Waals surface area contributed by atoms with Crippen LogP contribution < -0.4 is 24.4 Å². The number of rotatable bonds is 8. The van der Waals surface area contributed by atoms with Gasteiger partial charge in [-0.05, 0) is 36.8 Å². The number of benzene rings is 3. The summed E-state index contributed by atoms with van der Waals surface area (Å²) in [5.74, 6) is -0.357. The summed E-state index contributed by atoms with van der Waals surface area (Å²) in [4.78, 5) is 32.6. The second-order valence-electron chi connectivity index (χ2n) is 8.81. The van der Waals surface area contributed by atoms with Crippen LogP contribution in [0.25, 0.3) is 11.8 Å². The molecule has 1 aromatic heterocycles. The SMILES string of the molecule is CCOC(=O)C1=C(c2ccccc2)N=c2s/c(=C\c3cccc(OC)c3OCC#N)c(=O)n2[C@H]1c1ccc(F)cc1. The van der Waals surface area contributed by atoms with E-state index >= 15 is 0 Å². The smallest absolute Gasteiger partial charge is 0.338 e. The number of halogens is 1. The molecule has 41 heavy (non-hydrogen) atoms. The molecule has 4 aromatic rings. The van der Waals surface area contributed by atoms with E-state index in [2.05, 4.69) is 0 Å². The number of aromatic nitrogens is 1. The van der Waals surface area contributed by atoms with Crippen molar-refractivity contribution in [3.63, 3.8) is 0 Å². The second kappa shape index (κ2) is 12.0. The summed E-state index contributed by atoms with van der Waals surface area (Å²) < 4.78 is 32.1. The van der Waals surface area contributed by atoms with Gasteiger partial charge in [0.25, 0.3) is 5.56 Å². The maximum Gasteiger partial charge on any atom is 0.338 e. The molecule has 2 heterocycles. The molecule has 0 spiro atoms. The Labute approximate surface area is 238 Å². The Hall–Kier alpha value is -5.01. The Kier molecular flexibility index (Phi) is 8.08. The van der Waals surface area contributed by atoms with E-state index < -0.39 is 23.4 Å². The molecule has 0 aliphatic carbocycles. The molecular formula is C31H24FN3O5S. The summed E-state index contributed by atoms with van der Waals surface area (Å²) >= 11 is 1.14. The van der Waals surface area contributed by atoms with Crippen LogP contribution in [0.5, 0.6) is 11.5 Å². The topological polar surface area (TPSA) is 103 Å². The first-order valence-electron chi connectivity index (χ1n) is 12.7. The minimum absolute atomic E-state index is 0.117. The van der Waals surface area contributed by atoms with Crippen molar-refractivity contribution in [3.8, 4) is 17.6 Å². The summed E-state index contributed by atoms with van der Waals surface area (Å²) in [6.45, 7) is 1.60. The van der Waals surface area contributed by atoms with Gasteiger partial charge in [0.1, 0.15) is 11.9 Å². The Morgan fingerprint density at radius 3 is 2.56 bits per heavy atom. The van der Waals surface area contributed by atoms with Crippen molar-refractivity contribution in [2.24, 2.45) is 4.99 Å². The number of nitrogens with zero attached hydrogens (tertiary/aromatic N) is 3. The van der Waals surface area contributed by atoms with Gasteiger partial charge in [-0.2, -0.15) is 5.26 Å². The predicted octanol–water partition coefficient (Wildman–Crippen LogP) is 3.99. The lowest BCUT2D eigenvalue weighted by molar-refractivity contribution is -0.138. The number of hydrogen-bond donors (Lipinski definition) is 0. The molecular weight excluding hydrogens is 545 g/mol. The Morgan fingerprint density at radius 2 is 1.88 bits per heavy atom. The molecule has 1 atom stereocenters.